The van der Waals surface area contributed by atoms with Crippen molar-refractivity contribution in [2.24, 2.45) is 5.41 Å². The van der Waals surface area contributed by atoms with Crippen molar-refractivity contribution in [3.05, 3.63) is 47.7 Å². The molecule has 2 aliphatic heterocycles. The van der Waals surface area contributed by atoms with Gasteiger partial charge >= 0.3 is 0 Å². The third kappa shape index (κ3) is 3.88. The Morgan fingerprint density at radius 2 is 2.00 bits per heavy atom. The number of hydrogen-bond acceptors (Lipinski definition) is 5. The highest BCUT2D eigenvalue weighted by atomic mass is 19.2. The van der Waals surface area contributed by atoms with Gasteiger partial charge in [0.2, 0.25) is 5.95 Å². The highest BCUT2D eigenvalue weighted by Crippen LogP contribution is 2.40. The molecule has 144 valence electrons. The zero-order chi connectivity index (χ0) is 18.9. The molecule has 27 heavy (non-hydrogen) atoms. The maximum absolute atomic E-state index is 13.5. The lowest BCUT2D eigenvalue weighted by molar-refractivity contribution is 0.0990. The van der Waals surface area contributed by atoms with Crippen LogP contribution in [0, 0.1) is 17.0 Å². The number of aromatic nitrogens is 2. The Morgan fingerprint density at radius 3 is 2.81 bits per heavy atom. The SMILES string of the molecule is CNc1ccnc(N2CC[C@@]3(CCCN(Cc4ccc(F)c(F)c4)C3)C2)n1. The Hall–Kier alpha value is -2.28. The number of halogens is 2. The summed E-state index contributed by atoms with van der Waals surface area (Å²) in [4.78, 5) is 13.6. The molecule has 1 atom stereocenters. The van der Waals surface area contributed by atoms with Gasteiger partial charge in [-0.1, -0.05) is 6.07 Å². The second-order valence-corrected chi connectivity index (χ2v) is 7.73. The maximum Gasteiger partial charge on any atom is 0.227 e. The monoisotopic (exact) mass is 373 g/mol. The lowest BCUT2D eigenvalue weighted by atomic mass is 9.79. The van der Waals surface area contributed by atoms with Crippen molar-refractivity contribution in [1.29, 1.82) is 0 Å². The smallest absolute Gasteiger partial charge is 0.227 e. The molecule has 2 aliphatic rings. The minimum Gasteiger partial charge on any atom is -0.373 e. The highest BCUT2D eigenvalue weighted by molar-refractivity contribution is 5.42. The third-order valence-corrected chi connectivity index (χ3v) is 5.75. The first kappa shape index (κ1) is 18.1. The summed E-state index contributed by atoms with van der Waals surface area (Å²) >= 11 is 0. The van der Waals surface area contributed by atoms with E-state index in [1.54, 1.807) is 12.3 Å². The van der Waals surface area contributed by atoms with E-state index in [-0.39, 0.29) is 5.41 Å². The van der Waals surface area contributed by atoms with Crippen molar-refractivity contribution in [1.82, 2.24) is 14.9 Å². The van der Waals surface area contributed by atoms with E-state index in [2.05, 4.69) is 25.1 Å². The molecule has 3 heterocycles. The summed E-state index contributed by atoms with van der Waals surface area (Å²) in [5.41, 5.74) is 1.04. The maximum atomic E-state index is 13.5. The molecular weight excluding hydrogens is 348 g/mol. The molecule has 1 aromatic heterocycles. The van der Waals surface area contributed by atoms with Gasteiger partial charge < -0.3 is 10.2 Å². The second kappa shape index (κ2) is 7.38. The Labute approximate surface area is 158 Å². The van der Waals surface area contributed by atoms with E-state index in [1.807, 2.05) is 13.1 Å². The lowest BCUT2D eigenvalue weighted by Crippen LogP contribution is -2.44. The van der Waals surface area contributed by atoms with Gasteiger partial charge in [0.25, 0.3) is 0 Å². The fraction of sp³-hybridized carbons (Fsp3) is 0.500. The predicted octanol–water partition coefficient (Wildman–Crippen LogP) is 3.29. The molecule has 0 amide bonds. The summed E-state index contributed by atoms with van der Waals surface area (Å²) in [5, 5.41) is 3.06. The first-order valence-electron chi connectivity index (χ1n) is 9.49. The molecule has 4 rings (SSSR count). The van der Waals surface area contributed by atoms with Gasteiger partial charge in [-0.3, -0.25) is 4.90 Å². The van der Waals surface area contributed by atoms with Crippen LogP contribution in [0.1, 0.15) is 24.8 Å². The van der Waals surface area contributed by atoms with Crippen LogP contribution in [0.5, 0.6) is 0 Å². The van der Waals surface area contributed by atoms with E-state index < -0.39 is 11.6 Å². The molecule has 0 saturated carbocycles. The second-order valence-electron chi connectivity index (χ2n) is 7.73. The molecular formula is C20H25F2N5. The third-order valence-electron chi connectivity index (χ3n) is 5.75. The topological polar surface area (TPSA) is 44.3 Å². The van der Waals surface area contributed by atoms with Gasteiger partial charge in [0.15, 0.2) is 11.6 Å². The van der Waals surface area contributed by atoms with E-state index in [0.717, 1.165) is 56.4 Å². The molecule has 1 aromatic carbocycles. The number of nitrogens with zero attached hydrogens (tertiary/aromatic N) is 4. The average Bonchev–Trinajstić information content (AvgIpc) is 3.08. The number of benzene rings is 1. The summed E-state index contributed by atoms with van der Waals surface area (Å²) in [6.45, 7) is 4.51. The summed E-state index contributed by atoms with van der Waals surface area (Å²) in [6.07, 6.45) is 5.20. The fourth-order valence-electron chi connectivity index (χ4n) is 4.42. The van der Waals surface area contributed by atoms with Crippen LogP contribution in [0.15, 0.2) is 30.5 Å². The first-order valence-corrected chi connectivity index (χ1v) is 9.49. The van der Waals surface area contributed by atoms with E-state index >= 15 is 0 Å². The van der Waals surface area contributed by atoms with Crippen molar-refractivity contribution in [3.63, 3.8) is 0 Å². The molecule has 0 bridgehead atoms. The van der Waals surface area contributed by atoms with Gasteiger partial charge in [-0.05, 0) is 49.6 Å². The molecule has 1 N–H and O–H groups in total. The van der Waals surface area contributed by atoms with Crippen molar-refractivity contribution in [2.75, 3.05) is 43.4 Å². The Bertz CT molecular complexity index is 815. The average molecular weight is 373 g/mol. The van der Waals surface area contributed by atoms with Gasteiger partial charge in [0.05, 0.1) is 0 Å². The van der Waals surface area contributed by atoms with E-state index in [0.29, 0.717) is 6.54 Å². The van der Waals surface area contributed by atoms with Crippen LogP contribution in [-0.4, -0.2) is 48.1 Å². The van der Waals surface area contributed by atoms with Crippen molar-refractivity contribution in [3.8, 4) is 0 Å². The van der Waals surface area contributed by atoms with Crippen LogP contribution in [-0.2, 0) is 6.54 Å². The van der Waals surface area contributed by atoms with Gasteiger partial charge in [-0.15, -0.1) is 0 Å². The highest BCUT2D eigenvalue weighted by Gasteiger charge is 2.42. The van der Waals surface area contributed by atoms with Crippen molar-refractivity contribution < 1.29 is 8.78 Å². The van der Waals surface area contributed by atoms with Gasteiger partial charge in [-0.2, -0.15) is 4.98 Å². The number of nitrogens with one attached hydrogen (secondary N) is 1. The fourth-order valence-corrected chi connectivity index (χ4v) is 4.42. The summed E-state index contributed by atoms with van der Waals surface area (Å²) in [7, 11) is 1.86. The summed E-state index contributed by atoms with van der Waals surface area (Å²) < 4.78 is 26.7. The van der Waals surface area contributed by atoms with Crippen LogP contribution < -0.4 is 10.2 Å². The zero-order valence-corrected chi connectivity index (χ0v) is 15.6. The molecule has 0 radical (unpaired) electrons. The largest absolute Gasteiger partial charge is 0.373 e. The first-order chi connectivity index (χ1) is 13.1. The quantitative estimate of drug-likeness (QED) is 0.891. The van der Waals surface area contributed by atoms with E-state index in [9.17, 15) is 8.78 Å². The lowest BCUT2D eigenvalue weighted by Gasteiger charge is -2.40. The van der Waals surface area contributed by atoms with Crippen LogP contribution in [0.3, 0.4) is 0 Å². The van der Waals surface area contributed by atoms with Crippen LogP contribution in [0.4, 0.5) is 20.5 Å². The minimum atomic E-state index is -0.788. The molecule has 0 unspecified atom stereocenters. The molecule has 7 heteroatoms. The Balaban J connectivity index is 1.43. The standard InChI is InChI=1S/C20H25F2N5/c1-23-18-5-8-24-19(25-18)27-10-7-20(14-27)6-2-9-26(13-20)12-15-3-4-16(21)17(22)11-15/h3-5,8,11H,2,6-7,9-10,12-14H2,1H3,(H,23,24,25)/t20-/m1/s1. The minimum absolute atomic E-state index is 0.218. The van der Waals surface area contributed by atoms with Crippen molar-refractivity contribution >= 4 is 11.8 Å². The molecule has 5 nitrogen and oxygen atoms in total. The molecule has 2 fully saturated rings. The Kier molecular flexibility index (Phi) is 4.95. The van der Waals surface area contributed by atoms with Crippen LogP contribution in [0.25, 0.3) is 0 Å². The number of anilines is 2. The summed E-state index contributed by atoms with van der Waals surface area (Å²) in [5.74, 6) is 0.0398. The number of likely N-dealkylation sites (tertiary alicyclic amines) is 1. The normalized spacial score (nSPS) is 23.1. The van der Waals surface area contributed by atoms with Crippen LogP contribution in [0.2, 0.25) is 0 Å². The van der Waals surface area contributed by atoms with Crippen molar-refractivity contribution in [2.45, 2.75) is 25.8 Å². The van der Waals surface area contributed by atoms with E-state index in [1.165, 1.54) is 18.6 Å². The van der Waals surface area contributed by atoms with Gasteiger partial charge in [0.1, 0.15) is 5.82 Å². The number of hydrogen-bond donors (Lipinski definition) is 1. The molecule has 2 aromatic rings. The molecule has 2 saturated heterocycles. The van der Waals surface area contributed by atoms with Gasteiger partial charge in [0, 0.05) is 44.8 Å². The van der Waals surface area contributed by atoms with Gasteiger partial charge in [-0.25, -0.2) is 13.8 Å². The number of piperidine rings is 1. The van der Waals surface area contributed by atoms with Crippen LogP contribution >= 0.6 is 0 Å². The Morgan fingerprint density at radius 1 is 1.11 bits per heavy atom. The molecule has 1 spiro atoms. The predicted molar refractivity (Wildman–Crippen MR) is 102 cm³/mol. The number of rotatable bonds is 4. The zero-order valence-electron chi connectivity index (χ0n) is 15.6. The summed E-state index contributed by atoms with van der Waals surface area (Å²) in [6, 6.07) is 6.07. The van der Waals surface area contributed by atoms with E-state index in [4.69, 9.17) is 0 Å². The molecule has 0 aliphatic carbocycles.